The van der Waals surface area contributed by atoms with Crippen LogP contribution in [0, 0.1) is 17.8 Å². The zero-order valence-corrected chi connectivity index (χ0v) is 11.8. The minimum atomic E-state index is 0. The number of carbonyl (C=O) groups is 1. The Morgan fingerprint density at radius 1 is 1.22 bits per heavy atom. The van der Waals surface area contributed by atoms with E-state index in [1.807, 2.05) is 0 Å². The molecule has 1 heterocycles. The molecule has 0 aromatic rings. The zero-order chi connectivity index (χ0) is 11.7. The van der Waals surface area contributed by atoms with Crippen molar-refractivity contribution in [2.45, 2.75) is 51.0 Å². The molecule has 3 unspecified atom stereocenters. The van der Waals surface area contributed by atoms with Crippen molar-refractivity contribution in [3.63, 3.8) is 0 Å². The number of hydrogen-bond donors (Lipinski definition) is 2. The highest BCUT2D eigenvalue weighted by Gasteiger charge is 2.40. The fourth-order valence-corrected chi connectivity index (χ4v) is 4.13. The maximum atomic E-state index is 12.0. The third-order valence-electron chi connectivity index (χ3n) is 4.99. The zero-order valence-electron chi connectivity index (χ0n) is 11.0. The lowest BCUT2D eigenvalue weighted by molar-refractivity contribution is -0.123. The standard InChI is InChI=1S/C14H24N2O.ClH/c17-14(16-13-2-1-5-15-9-13)8-12-7-10-3-4-11(12)6-10;/h10-13,15H,1-9H2,(H,16,17);1H/t10?,11?,12?,13-;/m1./s1. The number of piperidine rings is 1. The van der Waals surface area contributed by atoms with Gasteiger partial charge in [-0.2, -0.15) is 0 Å². The highest BCUT2D eigenvalue weighted by molar-refractivity contribution is 5.85. The Hall–Kier alpha value is -0.280. The second-order valence-electron chi connectivity index (χ2n) is 6.25. The Kier molecular flexibility index (Phi) is 4.91. The van der Waals surface area contributed by atoms with E-state index in [9.17, 15) is 4.79 Å². The van der Waals surface area contributed by atoms with Gasteiger partial charge in [0.05, 0.1) is 0 Å². The van der Waals surface area contributed by atoms with Crippen LogP contribution in [0.3, 0.4) is 0 Å². The molecule has 0 aromatic carbocycles. The van der Waals surface area contributed by atoms with E-state index in [2.05, 4.69) is 10.6 Å². The summed E-state index contributed by atoms with van der Waals surface area (Å²) in [6.45, 7) is 2.07. The van der Waals surface area contributed by atoms with Gasteiger partial charge in [-0.25, -0.2) is 0 Å². The van der Waals surface area contributed by atoms with Crippen LogP contribution in [0.4, 0.5) is 0 Å². The van der Waals surface area contributed by atoms with E-state index in [0.717, 1.165) is 37.8 Å². The van der Waals surface area contributed by atoms with E-state index in [-0.39, 0.29) is 12.4 Å². The molecule has 0 radical (unpaired) electrons. The van der Waals surface area contributed by atoms with Crippen LogP contribution < -0.4 is 10.6 Å². The topological polar surface area (TPSA) is 41.1 Å². The van der Waals surface area contributed by atoms with Gasteiger partial charge >= 0.3 is 0 Å². The van der Waals surface area contributed by atoms with Crippen LogP contribution in [0.2, 0.25) is 0 Å². The number of carbonyl (C=O) groups excluding carboxylic acids is 1. The first-order valence-corrected chi connectivity index (χ1v) is 7.31. The largest absolute Gasteiger partial charge is 0.352 e. The normalized spacial score (nSPS) is 38.2. The summed E-state index contributed by atoms with van der Waals surface area (Å²) >= 11 is 0. The predicted octanol–water partition coefficient (Wildman–Crippen LogP) is 2.10. The summed E-state index contributed by atoms with van der Waals surface area (Å²) in [6, 6.07) is 0.384. The van der Waals surface area contributed by atoms with Gasteiger partial charge < -0.3 is 10.6 Å². The van der Waals surface area contributed by atoms with E-state index in [0.29, 0.717) is 17.9 Å². The fraction of sp³-hybridized carbons (Fsp3) is 0.929. The van der Waals surface area contributed by atoms with Gasteiger partial charge in [0.15, 0.2) is 0 Å². The molecule has 2 N–H and O–H groups in total. The molecule has 104 valence electrons. The maximum absolute atomic E-state index is 12.0. The van der Waals surface area contributed by atoms with E-state index in [4.69, 9.17) is 0 Å². The molecule has 3 fully saturated rings. The second-order valence-corrected chi connectivity index (χ2v) is 6.25. The molecule has 18 heavy (non-hydrogen) atoms. The highest BCUT2D eigenvalue weighted by Crippen LogP contribution is 2.49. The minimum absolute atomic E-state index is 0. The van der Waals surface area contributed by atoms with Crippen molar-refractivity contribution in [2.24, 2.45) is 17.8 Å². The molecule has 1 aliphatic heterocycles. The molecule has 0 aromatic heterocycles. The smallest absolute Gasteiger partial charge is 0.220 e. The number of halogens is 1. The molecular weight excluding hydrogens is 248 g/mol. The minimum Gasteiger partial charge on any atom is -0.352 e. The van der Waals surface area contributed by atoms with Crippen LogP contribution in [0.15, 0.2) is 0 Å². The Balaban J connectivity index is 0.00000120. The van der Waals surface area contributed by atoms with Crippen LogP contribution in [-0.4, -0.2) is 25.0 Å². The molecule has 4 atom stereocenters. The summed E-state index contributed by atoms with van der Waals surface area (Å²) in [6.07, 6.45) is 8.67. The molecule has 3 rings (SSSR count). The predicted molar refractivity (Wildman–Crippen MR) is 74.8 cm³/mol. The van der Waals surface area contributed by atoms with Gasteiger partial charge in [-0.1, -0.05) is 6.42 Å². The third-order valence-corrected chi connectivity index (χ3v) is 4.99. The quantitative estimate of drug-likeness (QED) is 0.826. The van der Waals surface area contributed by atoms with Crippen molar-refractivity contribution in [1.29, 1.82) is 0 Å². The number of fused-ring (bicyclic) bond motifs is 2. The van der Waals surface area contributed by atoms with Crippen molar-refractivity contribution in [2.75, 3.05) is 13.1 Å². The number of rotatable bonds is 3. The number of amides is 1. The Morgan fingerprint density at radius 3 is 2.72 bits per heavy atom. The van der Waals surface area contributed by atoms with Crippen molar-refractivity contribution >= 4 is 18.3 Å². The lowest BCUT2D eigenvalue weighted by Gasteiger charge is -2.26. The Labute approximate surface area is 116 Å². The van der Waals surface area contributed by atoms with Crippen molar-refractivity contribution < 1.29 is 4.79 Å². The molecule has 1 saturated heterocycles. The molecule has 0 spiro atoms. The van der Waals surface area contributed by atoms with Crippen molar-refractivity contribution in [1.82, 2.24) is 10.6 Å². The van der Waals surface area contributed by atoms with Gasteiger partial charge in [-0.3, -0.25) is 4.79 Å². The highest BCUT2D eigenvalue weighted by atomic mass is 35.5. The summed E-state index contributed by atoms with van der Waals surface area (Å²) in [5.41, 5.74) is 0. The maximum Gasteiger partial charge on any atom is 0.220 e. The average molecular weight is 273 g/mol. The van der Waals surface area contributed by atoms with E-state index < -0.39 is 0 Å². The van der Waals surface area contributed by atoms with Gasteiger partial charge in [0, 0.05) is 19.0 Å². The second kappa shape index (κ2) is 6.25. The number of nitrogens with one attached hydrogen (secondary N) is 2. The number of hydrogen-bond acceptors (Lipinski definition) is 2. The van der Waals surface area contributed by atoms with Gasteiger partial charge in [-0.15, -0.1) is 12.4 Å². The molecule has 2 saturated carbocycles. The SMILES string of the molecule is Cl.O=C(CC1CC2CCC1C2)N[C@@H]1CCCNC1. The van der Waals surface area contributed by atoms with Gasteiger partial charge in [-0.05, 0) is 56.4 Å². The Bertz CT molecular complexity index is 292. The summed E-state index contributed by atoms with van der Waals surface area (Å²) in [5, 5.41) is 6.55. The van der Waals surface area contributed by atoms with Crippen molar-refractivity contribution in [3.8, 4) is 0 Å². The van der Waals surface area contributed by atoms with Crippen LogP contribution in [0.25, 0.3) is 0 Å². The van der Waals surface area contributed by atoms with E-state index in [1.54, 1.807) is 0 Å². The molecule has 4 heteroatoms. The van der Waals surface area contributed by atoms with Crippen LogP contribution in [0.1, 0.15) is 44.9 Å². The molecule has 1 amide bonds. The van der Waals surface area contributed by atoms with Crippen molar-refractivity contribution in [3.05, 3.63) is 0 Å². The molecular formula is C14H25ClN2O. The molecule has 3 nitrogen and oxygen atoms in total. The lowest BCUT2D eigenvalue weighted by atomic mass is 9.86. The lowest BCUT2D eigenvalue weighted by Crippen LogP contribution is -2.46. The summed E-state index contributed by atoms with van der Waals surface area (Å²) < 4.78 is 0. The van der Waals surface area contributed by atoms with Crippen LogP contribution >= 0.6 is 12.4 Å². The first-order valence-electron chi connectivity index (χ1n) is 7.31. The average Bonchev–Trinajstić information content (AvgIpc) is 2.92. The summed E-state index contributed by atoms with van der Waals surface area (Å²) in [7, 11) is 0. The Morgan fingerprint density at radius 2 is 2.11 bits per heavy atom. The van der Waals surface area contributed by atoms with Gasteiger partial charge in [0.1, 0.15) is 0 Å². The van der Waals surface area contributed by atoms with Crippen LogP contribution in [0.5, 0.6) is 0 Å². The van der Waals surface area contributed by atoms with Gasteiger partial charge in [0.2, 0.25) is 5.91 Å². The monoisotopic (exact) mass is 272 g/mol. The van der Waals surface area contributed by atoms with E-state index in [1.165, 1.54) is 32.1 Å². The summed E-state index contributed by atoms with van der Waals surface area (Å²) in [4.78, 5) is 12.0. The molecule has 2 bridgehead atoms. The van der Waals surface area contributed by atoms with Crippen LogP contribution in [-0.2, 0) is 4.79 Å². The fourth-order valence-electron chi connectivity index (χ4n) is 4.13. The van der Waals surface area contributed by atoms with E-state index >= 15 is 0 Å². The van der Waals surface area contributed by atoms with Gasteiger partial charge in [0.25, 0.3) is 0 Å². The first kappa shape index (κ1) is 14.1. The molecule has 2 aliphatic carbocycles. The summed E-state index contributed by atoms with van der Waals surface area (Å²) in [5.74, 6) is 2.82. The third kappa shape index (κ3) is 3.18. The first-order chi connectivity index (χ1) is 8.31. The molecule has 3 aliphatic rings.